The Kier molecular flexibility index (Phi) is 6.36. The van der Waals surface area contributed by atoms with E-state index in [0.29, 0.717) is 0 Å². The van der Waals surface area contributed by atoms with Crippen LogP contribution in [0, 0.1) is 5.82 Å². The van der Waals surface area contributed by atoms with E-state index >= 15 is 0 Å². The average Bonchev–Trinajstić information content (AvgIpc) is 2.83. The van der Waals surface area contributed by atoms with Crippen LogP contribution in [0.25, 0.3) is 21.9 Å². The van der Waals surface area contributed by atoms with E-state index in [2.05, 4.69) is 5.32 Å². The van der Waals surface area contributed by atoms with Gasteiger partial charge in [0.05, 0.1) is 12.7 Å². The van der Waals surface area contributed by atoms with E-state index in [0.717, 1.165) is 27.5 Å². The molecule has 0 saturated carbocycles. The Bertz CT molecular complexity index is 1300. The number of fused-ring (bicyclic) bond motifs is 1. The molecule has 0 heterocycles. The van der Waals surface area contributed by atoms with Crippen molar-refractivity contribution < 1.29 is 23.8 Å². The van der Waals surface area contributed by atoms with Gasteiger partial charge in [-0.15, -0.1) is 0 Å². The number of esters is 1. The van der Waals surface area contributed by atoms with E-state index in [1.807, 2.05) is 48.5 Å². The van der Waals surface area contributed by atoms with Gasteiger partial charge in [0.15, 0.2) is 0 Å². The number of hydrogen-bond donors (Lipinski definition) is 2. The zero-order valence-electron chi connectivity index (χ0n) is 17.9. The molecule has 4 aromatic carbocycles. The summed E-state index contributed by atoms with van der Waals surface area (Å²) in [6.07, 6.45) is 0.205. The van der Waals surface area contributed by atoms with Crippen LogP contribution >= 0.6 is 0 Å². The minimum absolute atomic E-state index is 0.0780. The zero-order valence-corrected chi connectivity index (χ0v) is 17.9. The third kappa shape index (κ3) is 5.01. The van der Waals surface area contributed by atoms with Gasteiger partial charge in [-0.1, -0.05) is 60.7 Å². The predicted octanol–water partition coefficient (Wildman–Crippen LogP) is 4.87. The van der Waals surface area contributed by atoms with Crippen molar-refractivity contribution in [2.24, 2.45) is 0 Å². The van der Waals surface area contributed by atoms with Crippen molar-refractivity contribution in [1.82, 2.24) is 5.32 Å². The molecular formula is C27H22FNO4. The minimum atomic E-state index is -0.940. The molecule has 0 fully saturated rings. The highest BCUT2D eigenvalue weighted by atomic mass is 19.1. The zero-order chi connectivity index (χ0) is 23.4. The monoisotopic (exact) mass is 443 g/mol. The van der Waals surface area contributed by atoms with Gasteiger partial charge in [-0.25, -0.2) is 9.18 Å². The van der Waals surface area contributed by atoms with Crippen LogP contribution in [0.3, 0.4) is 0 Å². The second-order valence-corrected chi connectivity index (χ2v) is 7.67. The van der Waals surface area contributed by atoms with Crippen molar-refractivity contribution in [2.75, 3.05) is 7.11 Å². The van der Waals surface area contributed by atoms with Gasteiger partial charge < -0.3 is 15.2 Å². The smallest absolute Gasteiger partial charge is 0.328 e. The summed E-state index contributed by atoms with van der Waals surface area (Å²) in [4.78, 5) is 25.3. The highest BCUT2D eigenvalue weighted by Crippen LogP contribution is 2.25. The van der Waals surface area contributed by atoms with Crippen LogP contribution in [0.15, 0.2) is 84.9 Å². The van der Waals surface area contributed by atoms with E-state index in [1.165, 1.54) is 25.3 Å². The fraction of sp³-hybridized carbons (Fsp3) is 0.111. The number of carbonyl (C=O) groups excluding carboxylic acids is 2. The molecular weight excluding hydrogens is 421 g/mol. The summed E-state index contributed by atoms with van der Waals surface area (Å²) in [5.74, 6) is -1.63. The van der Waals surface area contributed by atoms with Gasteiger partial charge in [0.25, 0.3) is 5.91 Å². The van der Waals surface area contributed by atoms with Crippen molar-refractivity contribution in [1.29, 1.82) is 0 Å². The number of hydrogen-bond acceptors (Lipinski definition) is 4. The van der Waals surface area contributed by atoms with Gasteiger partial charge in [-0.2, -0.15) is 0 Å². The number of halogens is 1. The first-order valence-electron chi connectivity index (χ1n) is 10.4. The minimum Gasteiger partial charge on any atom is -0.507 e. The fourth-order valence-corrected chi connectivity index (χ4v) is 3.69. The molecule has 0 bridgehead atoms. The standard InChI is InChI=1S/C27H22FNO4/c1-33-27(32)24(14-17-6-8-18(9-7-17)19-10-12-22(28)13-11-19)29-26(31)23-15-20-4-2-3-5-21(20)16-25(23)30/h2-13,15-16,24,30H,14H2,1H3,(H,29,31)/t24-/m0/s1. The Morgan fingerprint density at radius 3 is 2.09 bits per heavy atom. The van der Waals surface area contributed by atoms with Gasteiger partial charge in [-0.05, 0) is 51.7 Å². The molecule has 0 aliphatic carbocycles. The number of nitrogens with one attached hydrogen (secondary N) is 1. The number of phenols is 1. The van der Waals surface area contributed by atoms with E-state index in [4.69, 9.17) is 4.74 Å². The van der Waals surface area contributed by atoms with E-state index in [9.17, 15) is 19.1 Å². The van der Waals surface area contributed by atoms with Crippen LogP contribution in [-0.4, -0.2) is 30.1 Å². The number of ether oxygens (including phenoxy) is 1. The first-order valence-corrected chi connectivity index (χ1v) is 10.4. The maximum Gasteiger partial charge on any atom is 0.328 e. The molecule has 1 atom stereocenters. The number of carbonyl (C=O) groups is 2. The molecule has 4 rings (SSSR count). The number of phenolic OH excluding ortho intramolecular Hbond substituents is 1. The summed E-state index contributed by atoms with van der Waals surface area (Å²) in [7, 11) is 1.26. The van der Waals surface area contributed by atoms with Crippen LogP contribution in [0.5, 0.6) is 5.75 Å². The Morgan fingerprint density at radius 1 is 0.909 bits per heavy atom. The molecule has 0 aliphatic rings. The third-order valence-electron chi connectivity index (χ3n) is 5.47. The number of aromatic hydroxyl groups is 1. The Hall–Kier alpha value is -4.19. The lowest BCUT2D eigenvalue weighted by Gasteiger charge is -2.17. The summed E-state index contributed by atoms with van der Waals surface area (Å²) in [5.41, 5.74) is 2.65. The summed E-state index contributed by atoms with van der Waals surface area (Å²) in [5, 5.41) is 14.6. The lowest BCUT2D eigenvalue weighted by Crippen LogP contribution is -2.43. The molecule has 5 nitrogen and oxygen atoms in total. The van der Waals surface area contributed by atoms with Gasteiger partial charge in [0, 0.05) is 6.42 Å². The van der Waals surface area contributed by atoms with E-state index in [-0.39, 0.29) is 23.6 Å². The fourth-order valence-electron chi connectivity index (χ4n) is 3.69. The molecule has 0 radical (unpaired) electrons. The summed E-state index contributed by atoms with van der Waals surface area (Å²) < 4.78 is 18.0. The lowest BCUT2D eigenvalue weighted by atomic mass is 10.00. The van der Waals surface area contributed by atoms with Crippen molar-refractivity contribution in [3.63, 3.8) is 0 Å². The molecule has 0 saturated heterocycles. The summed E-state index contributed by atoms with van der Waals surface area (Å²) in [6, 6.07) is 23.1. The first kappa shape index (κ1) is 22.0. The Morgan fingerprint density at radius 2 is 1.48 bits per heavy atom. The largest absolute Gasteiger partial charge is 0.507 e. The lowest BCUT2D eigenvalue weighted by molar-refractivity contribution is -0.142. The highest BCUT2D eigenvalue weighted by Gasteiger charge is 2.24. The Balaban J connectivity index is 1.53. The summed E-state index contributed by atoms with van der Waals surface area (Å²) in [6.45, 7) is 0. The molecule has 2 N–H and O–H groups in total. The molecule has 166 valence electrons. The third-order valence-corrected chi connectivity index (χ3v) is 5.47. The molecule has 6 heteroatoms. The molecule has 1 amide bonds. The van der Waals surface area contributed by atoms with Gasteiger partial charge in [-0.3, -0.25) is 4.79 Å². The number of amides is 1. The van der Waals surface area contributed by atoms with Gasteiger partial charge in [0.1, 0.15) is 17.6 Å². The highest BCUT2D eigenvalue weighted by molar-refractivity contribution is 6.02. The van der Waals surface area contributed by atoms with E-state index < -0.39 is 17.9 Å². The van der Waals surface area contributed by atoms with Crippen LogP contribution in [0.2, 0.25) is 0 Å². The van der Waals surface area contributed by atoms with Gasteiger partial charge in [0.2, 0.25) is 0 Å². The normalized spacial score (nSPS) is 11.7. The quantitative estimate of drug-likeness (QED) is 0.417. The van der Waals surface area contributed by atoms with Crippen LogP contribution in [0.1, 0.15) is 15.9 Å². The van der Waals surface area contributed by atoms with Crippen molar-refractivity contribution in [2.45, 2.75) is 12.5 Å². The molecule has 33 heavy (non-hydrogen) atoms. The van der Waals surface area contributed by atoms with Crippen LogP contribution < -0.4 is 5.32 Å². The van der Waals surface area contributed by atoms with Crippen molar-refractivity contribution in [3.8, 4) is 16.9 Å². The maximum absolute atomic E-state index is 13.2. The van der Waals surface area contributed by atoms with E-state index in [1.54, 1.807) is 18.2 Å². The average molecular weight is 443 g/mol. The molecule has 0 spiro atoms. The molecule has 0 unspecified atom stereocenters. The number of methoxy groups -OCH3 is 1. The number of rotatable bonds is 6. The second-order valence-electron chi connectivity index (χ2n) is 7.67. The second kappa shape index (κ2) is 9.53. The van der Waals surface area contributed by atoms with Crippen molar-refractivity contribution in [3.05, 3.63) is 102 Å². The van der Waals surface area contributed by atoms with Gasteiger partial charge >= 0.3 is 5.97 Å². The number of benzene rings is 4. The Labute approximate surface area is 190 Å². The van der Waals surface area contributed by atoms with Crippen LogP contribution in [0.4, 0.5) is 4.39 Å². The molecule has 0 aliphatic heterocycles. The molecule has 0 aromatic heterocycles. The SMILES string of the molecule is COC(=O)[C@H](Cc1ccc(-c2ccc(F)cc2)cc1)NC(=O)c1cc2ccccc2cc1O. The topological polar surface area (TPSA) is 75.6 Å². The summed E-state index contributed by atoms with van der Waals surface area (Å²) >= 11 is 0. The molecule has 4 aromatic rings. The first-order chi connectivity index (χ1) is 15.9. The maximum atomic E-state index is 13.2. The van der Waals surface area contributed by atoms with Crippen molar-refractivity contribution >= 4 is 22.6 Å². The predicted molar refractivity (Wildman–Crippen MR) is 124 cm³/mol. The van der Waals surface area contributed by atoms with Crippen LogP contribution in [-0.2, 0) is 16.0 Å².